The van der Waals surface area contributed by atoms with E-state index in [0.717, 1.165) is 40.7 Å². The van der Waals surface area contributed by atoms with Crippen molar-refractivity contribution in [1.29, 1.82) is 0 Å². The molecule has 2 aromatic carbocycles. The SMILES string of the molecule is CN(C)CC1C(=O)c2c(n(Cc3ccc(C(=O)NO)cc3)c3ccccc23)CC1(C)C. The van der Waals surface area contributed by atoms with Gasteiger partial charge in [-0.2, -0.15) is 0 Å². The molecule has 4 rings (SSSR count). The third-order valence-corrected chi connectivity index (χ3v) is 6.41. The molecule has 1 heterocycles. The lowest BCUT2D eigenvalue weighted by molar-refractivity contribution is 0.0700. The van der Waals surface area contributed by atoms with Crippen LogP contribution in [0.5, 0.6) is 0 Å². The smallest absolute Gasteiger partial charge is 0.274 e. The number of amides is 1. The quantitative estimate of drug-likeness (QED) is 0.488. The van der Waals surface area contributed by atoms with E-state index in [-0.39, 0.29) is 17.1 Å². The minimum Gasteiger partial charge on any atom is -0.339 e. The maximum absolute atomic E-state index is 13.7. The van der Waals surface area contributed by atoms with Crippen LogP contribution in [0.3, 0.4) is 0 Å². The Balaban J connectivity index is 1.80. The summed E-state index contributed by atoms with van der Waals surface area (Å²) in [4.78, 5) is 27.4. The fourth-order valence-electron chi connectivity index (χ4n) is 4.78. The Bertz CT molecular complexity index is 1140. The summed E-state index contributed by atoms with van der Waals surface area (Å²) < 4.78 is 2.25. The first kappa shape index (κ1) is 21.3. The molecule has 2 N–H and O–H groups in total. The molecule has 1 unspecified atom stereocenters. The van der Waals surface area contributed by atoms with E-state index in [4.69, 9.17) is 5.21 Å². The van der Waals surface area contributed by atoms with Crippen LogP contribution in [0.25, 0.3) is 10.9 Å². The van der Waals surface area contributed by atoms with Gasteiger partial charge in [0.25, 0.3) is 5.91 Å². The summed E-state index contributed by atoms with van der Waals surface area (Å²) in [7, 11) is 4.03. The first-order valence-electron chi connectivity index (χ1n) is 10.6. The van der Waals surface area contributed by atoms with Gasteiger partial charge >= 0.3 is 0 Å². The standard InChI is InChI=1S/C25H29N3O3/c1-25(2)13-21-22(23(29)19(25)15-27(3)4)18-7-5-6-8-20(18)28(21)14-16-9-11-17(12-10-16)24(30)26-31/h5-12,19,31H,13-15H2,1-4H3,(H,26,30). The number of carbonyl (C=O) groups is 2. The lowest BCUT2D eigenvalue weighted by atomic mass is 9.67. The van der Waals surface area contributed by atoms with Gasteiger partial charge in [0.05, 0.1) is 0 Å². The molecule has 6 nitrogen and oxygen atoms in total. The molecule has 1 aliphatic rings. The summed E-state index contributed by atoms with van der Waals surface area (Å²) >= 11 is 0. The molecule has 0 saturated heterocycles. The Hall–Kier alpha value is -2.96. The number of Topliss-reactive ketones (excluding diaryl/α,β-unsaturated/α-hetero) is 1. The van der Waals surface area contributed by atoms with Crippen molar-refractivity contribution in [1.82, 2.24) is 14.9 Å². The van der Waals surface area contributed by atoms with Gasteiger partial charge in [-0.25, -0.2) is 5.48 Å². The van der Waals surface area contributed by atoms with Gasteiger partial charge in [-0.1, -0.05) is 44.2 Å². The molecular weight excluding hydrogens is 390 g/mol. The zero-order valence-corrected chi connectivity index (χ0v) is 18.5. The minimum atomic E-state index is -0.533. The highest BCUT2D eigenvalue weighted by Crippen LogP contribution is 2.43. The summed E-state index contributed by atoms with van der Waals surface area (Å²) in [5.74, 6) is -0.356. The number of nitrogens with one attached hydrogen (secondary N) is 1. The van der Waals surface area contributed by atoms with E-state index in [1.807, 2.05) is 44.4 Å². The predicted molar refractivity (Wildman–Crippen MR) is 121 cm³/mol. The zero-order valence-electron chi connectivity index (χ0n) is 18.5. The molecule has 0 radical (unpaired) electrons. The number of fused-ring (bicyclic) bond motifs is 3. The van der Waals surface area contributed by atoms with Gasteiger partial charge in [-0.3, -0.25) is 14.8 Å². The van der Waals surface area contributed by atoms with E-state index < -0.39 is 5.91 Å². The fourth-order valence-corrected chi connectivity index (χ4v) is 4.78. The molecule has 1 aromatic heterocycles. The molecule has 1 aliphatic carbocycles. The Kier molecular flexibility index (Phi) is 5.45. The van der Waals surface area contributed by atoms with Crippen LogP contribution >= 0.6 is 0 Å². The summed E-state index contributed by atoms with van der Waals surface area (Å²) in [5, 5.41) is 9.84. The third-order valence-electron chi connectivity index (χ3n) is 6.41. The van der Waals surface area contributed by atoms with Crippen molar-refractivity contribution >= 4 is 22.6 Å². The monoisotopic (exact) mass is 419 g/mol. The molecule has 162 valence electrons. The van der Waals surface area contributed by atoms with Gasteiger partial charge < -0.3 is 9.47 Å². The number of hydrogen-bond acceptors (Lipinski definition) is 4. The second-order valence-electron chi connectivity index (χ2n) is 9.41. The Labute approximate surface area is 182 Å². The number of benzene rings is 2. The van der Waals surface area contributed by atoms with Crippen molar-refractivity contribution in [2.24, 2.45) is 11.3 Å². The van der Waals surface area contributed by atoms with Crippen molar-refractivity contribution < 1.29 is 14.8 Å². The van der Waals surface area contributed by atoms with Gasteiger partial charge in [-0.05, 0) is 49.7 Å². The van der Waals surface area contributed by atoms with Gasteiger partial charge in [0, 0.05) is 46.7 Å². The van der Waals surface area contributed by atoms with E-state index in [9.17, 15) is 9.59 Å². The van der Waals surface area contributed by atoms with Crippen LogP contribution in [0, 0.1) is 11.3 Å². The van der Waals surface area contributed by atoms with Crippen LogP contribution in [0.1, 0.15) is 45.8 Å². The minimum absolute atomic E-state index is 0.0504. The summed E-state index contributed by atoms with van der Waals surface area (Å²) in [6.45, 7) is 5.72. The van der Waals surface area contributed by atoms with Crippen LogP contribution in [-0.4, -0.2) is 47.0 Å². The van der Waals surface area contributed by atoms with E-state index in [0.29, 0.717) is 12.1 Å². The van der Waals surface area contributed by atoms with Gasteiger partial charge in [0.15, 0.2) is 5.78 Å². The first-order valence-corrected chi connectivity index (χ1v) is 10.6. The van der Waals surface area contributed by atoms with E-state index in [1.165, 1.54) is 0 Å². The third kappa shape index (κ3) is 3.77. The Morgan fingerprint density at radius 1 is 1.16 bits per heavy atom. The first-order chi connectivity index (χ1) is 14.7. The highest BCUT2D eigenvalue weighted by Gasteiger charge is 2.44. The van der Waals surface area contributed by atoms with E-state index in [1.54, 1.807) is 17.6 Å². The van der Waals surface area contributed by atoms with Crippen LogP contribution in [0.2, 0.25) is 0 Å². The molecule has 0 aliphatic heterocycles. The predicted octanol–water partition coefficient (Wildman–Crippen LogP) is 3.75. The normalized spacial score (nSPS) is 17.7. The van der Waals surface area contributed by atoms with Crippen molar-refractivity contribution in [3.05, 3.63) is 70.9 Å². The molecule has 0 fully saturated rings. The van der Waals surface area contributed by atoms with Crippen LogP contribution < -0.4 is 5.48 Å². The molecular formula is C25H29N3O3. The summed E-state index contributed by atoms with van der Waals surface area (Å²) in [6, 6.07) is 15.3. The van der Waals surface area contributed by atoms with E-state index in [2.05, 4.69) is 29.4 Å². The van der Waals surface area contributed by atoms with Crippen LogP contribution in [0.4, 0.5) is 0 Å². The Morgan fingerprint density at radius 2 is 1.84 bits per heavy atom. The number of aromatic nitrogens is 1. The topological polar surface area (TPSA) is 74.6 Å². The number of nitrogens with zero attached hydrogens (tertiary/aromatic N) is 2. The molecule has 31 heavy (non-hydrogen) atoms. The fraction of sp³-hybridized carbons (Fsp3) is 0.360. The maximum atomic E-state index is 13.7. The second-order valence-corrected chi connectivity index (χ2v) is 9.41. The average molecular weight is 420 g/mol. The van der Waals surface area contributed by atoms with Gasteiger partial charge in [0.2, 0.25) is 0 Å². The zero-order chi connectivity index (χ0) is 22.3. The number of rotatable bonds is 5. The molecule has 1 atom stereocenters. The summed E-state index contributed by atoms with van der Waals surface area (Å²) in [6.07, 6.45) is 0.826. The highest BCUT2D eigenvalue weighted by molar-refractivity contribution is 6.11. The van der Waals surface area contributed by atoms with Gasteiger partial charge in [0.1, 0.15) is 0 Å². The van der Waals surface area contributed by atoms with Crippen molar-refractivity contribution in [2.45, 2.75) is 26.8 Å². The van der Waals surface area contributed by atoms with E-state index >= 15 is 0 Å². The lowest BCUT2D eigenvalue weighted by Gasteiger charge is -2.39. The summed E-state index contributed by atoms with van der Waals surface area (Å²) in [5.41, 5.74) is 5.93. The number of ketones is 1. The number of para-hydroxylation sites is 1. The van der Waals surface area contributed by atoms with Crippen LogP contribution in [-0.2, 0) is 13.0 Å². The molecule has 3 aromatic rings. The second kappa shape index (κ2) is 7.94. The van der Waals surface area contributed by atoms with Gasteiger partial charge in [-0.15, -0.1) is 0 Å². The molecule has 0 saturated carbocycles. The largest absolute Gasteiger partial charge is 0.339 e. The van der Waals surface area contributed by atoms with Crippen molar-refractivity contribution in [2.75, 3.05) is 20.6 Å². The molecule has 0 bridgehead atoms. The number of hydrogen-bond donors (Lipinski definition) is 2. The van der Waals surface area contributed by atoms with Crippen molar-refractivity contribution in [3.8, 4) is 0 Å². The molecule has 1 amide bonds. The van der Waals surface area contributed by atoms with Crippen LogP contribution in [0.15, 0.2) is 48.5 Å². The highest BCUT2D eigenvalue weighted by atomic mass is 16.5. The number of hydroxylamine groups is 1. The Morgan fingerprint density at radius 3 is 2.48 bits per heavy atom. The number of carbonyl (C=O) groups excluding carboxylic acids is 2. The van der Waals surface area contributed by atoms with Crippen molar-refractivity contribution in [3.63, 3.8) is 0 Å². The average Bonchev–Trinajstić information content (AvgIpc) is 3.03. The molecule has 6 heteroatoms. The lowest BCUT2D eigenvalue weighted by Crippen LogP contribution is -2.43. The maximum Gasteiger partial charge on any atom is 0.274 e. The molecule has 0 spiro atoms.